The molecule has 0 saturated heterocycles. The van der Waals surface area contributed by atoms with Crippen molar-refractivity contribution in [3.05, 3.63) is 106 Å². The predicted molar refractivity (Wildman–Crippen MR) is 195 cm³/mol. The van der Waals surface area contributed by atoms with Crippen molar-refractivity contribution in [2.75, 3.05) is 0 Å². The summed E-state index contributed by atoms with van der Waals surface area (Å²) in [6, 6.07) is 7.04. The van der Waals surface area contributed by atoms with E-state index in [2.05, 4.69) is 34.9 Å². The van der Waals surface area contributed by atoms with Gasteiger partial charge in [-0.1, -0.05) is 69.3 Å². The molecule has 0 spiro atoms. The Morgan fingerprint density at radius 2 is 1.24 bits per heavy atom. The zero-order valence-corrected chi connectivity index (χ0v) is 33.1. The quantitative estimate of drug-likeness (QED) is 0.127. The van der Waals surface area contributed by atoms with Crippen molar-refractivity contribution in [3.8, 4) is 11.5 Å². The molecule has 7 aromatic heterocycles. The molecule has 3 radical (unpaired) electrons. The number of aliphatic hydroxyl groups excluding tert-OH is 1. The molecule has 0 saturated carbocycles. The Labute approximate surface area is 341 Å². The molecule has 0 aliphatic heterocycles. The fourth-order valence-electron chi connectivity index (χ4n) is 3.28. The Morgan fingerprint density at radius 3 is 1.71 bits per heavy atom. The number of aliphatic hydroxyl groups is 1. The summed E-state index contributed by atoms with van der Waals surface area (Å²) in [5.41, 5.74) is 1.27. The number of hydrogen-bond donors (Lipinski definition) is 2. The van der Waals surface area contributed by atoms with Gasteiger partial charge in [0, 0.05) is 31.6 Å². The molecule has 7 heterocycles. The Balaban J connectivity index is 0.000000350. The second-order valence-electron chi connectivity index (χ2n) is 8.39. The van der Waals surface area contributed by atoms with Crippen LogP contribution in [0, 0.1) is 0 Å². The summed E-state index contributed by atoms with van der Waals surface area (Å²) in [5.74, 6) is 0.783. The van der Waals surface area contributed by atoms with Gasteiger partial charge in [-0.2, -0.15) is 0 Å². The van der Waals surface area contributed by atoms with Crippen LogP contribution in [-0.4, -0.2) is 59.8 Å². The van der Waals surface area contributed by atoms with Gasteiger partial charge >= 0.3 is 29.6 Å². The number of carbonyl (C=O) groups excluding carboxylic acids is 1. The van der Waals surface area contributed by atoms with Gasteiger partial charge in [-0.15, -0.1) is 22.7 Å². The van der Waals surface area contributed by atoms with Gasteiger partial charge < -0.3 is 16.4 Å². The van der Waals surface area contributed by atoms with Crippen LogP contribution >= 0.6 is 92.0 Å². The van der Waals surface area contributed by atoms with Crippen LogP contribution in [0.15, 0.2) is 67.6 Å². The monoisotopic (exact) mass is 822 g/mol. The maximum atomic E-state index is 9.91. The van der Waals surface area contributed by atoms with E-state index in [1.54, 1.807) is 36.9 Å². The average molecular weight is 825 g/mol. The zero-order chi connectivity index (χ0) is 33.8. The number of thiazole rings is 3. The fourth-order valence-corrected chi connectivity index (χ4v) is 6.14. The van der Waals surface area contributed by atoms with Crippen molar-refractivity contribution < 1.29 is 50.7 Å². The third-order valence-corrected chi connectivity index (χ3v) is 9.00. The number of aldehydes is 1. The summed E-state index contributed by atoms with van der Waals surface area (Å²) in [4.78, 5) is 37.5. The van der Waals surface area contributed by atoms with E-state index in [1.165, 1.54) is 52.6 Å². The molecule has 0 aliphatic rings. The molecule has 0 aliphatic carbocycles. The number of rotatable bonds is 5. The normalized spacial score (nSPS) is 9.84. The third-order valence-electron chi connectivity index (χ3n) is 5.21. The number of fused-ring (bicyclic) bond motifs is 2. The molecule has 0 aromatic carbocycles. The van der Waals surface area contributed by atoms with Crippen LogP contribution in [0.25, 0.3) is 21.8 Å². The van der Waals surface area contributed by atoms with E-state index in [0.29, 0.717) is 63.0 Å². The van der Waals surface area contributed by atoms with Crippen LogP contribution in [0.2, 0.25) is 23.3 Å². The zero-order valence-electron chi connectivity index (χ0n) is 25.9. The minimum Gasteiger partial charge on any atom is -1.00 e. The van der Waals surface area contributed by atoms with Crippen LogP contribution in [0.3, 0.4) is 0 Å². The summed E-state index contributed by atoms with van der Waals surface area (Å²) in [5, 5.41) is 21.9. The van der Waals surface area contributed by atoms with Crippen molar-refractivity contribution >= 4 is 129 Å². The first-order chi connectivity index (χ1) is 22.6. The number of pyridine rings is 4. The Morgan fingerprint density at radius 1 is 0.714 bits per heavy atom. The first-order valence-electron chi connectivity index (χ1n) is 12.6. The third kappa shape index (κ3) is 13.8. The second-order valence-corrected chi connectivity index (χ2v) is 14.3. The molecule has 7 aromatic rings. The molecule has 11 nitrogen and oxygen atoms in total. The fraction of sp³-hybridized carbons (Fsp3) is 0.0714. The molecule has 2 N–H and O–H groups in total. The first-order valence-corrected chi connectivity index (χ1v) is 17.0. The molecule has 49 heavy (non-hydrogen) atoms. The number of nitrogens with zero attached hydrogens (tertiary/aromatic N) is 7. The van der Waals surface area contributed by atoms with Crippen molar-refractivity contribution in [1.82, 2.24) is 34.9 Å². The summed E-state index contributed by atoms with van der Waals surface area (Å²) in [6.45, 7) is 0.348. The number of carbonyl (C=O) groups is 1. The average Bonchev–Trinajstić information content (AvgIpc) is 3.81. The molecule has 7 rings (SSSR count). The number of aromatic hydroxyl groups is 1. The van der Waals surface area contributed by atoms with Crippen molar-refractivity contribution in [2.45, 2.75) is 13.2 Å². The van der Waals surface area contributed by atoms with Crippen LogP contribution in [0.5, 0.6) is 11.5 Å². The summed E-state index contributed by atoms with van der Waals surface area (Å²) >= 11 is 32.3. The Hall–Kier alpha value is -2.25. The van der Waals surface area contributed by atoms with Gasteiger partial charge in [-0.05, 0) is 24.3 Å². The van der Waals surface area contributed by atoms with Gasteiger partial charge in [0.05, 0.1) is 37.6 Å². The molecular weight excluding hydrogens is 806 g/mol. The van der Waals surface area contributed by atoms with Crippen molar-refractivity contribution in [3.63, 3.8) is 0 Å². The van der Waals surface area contributed by atoms with E-state index in [9.17, 15) is 4.79 Å². The minimum atomic E-state index is -0.0165. The van der Waals surface area contributed by atoms with Crippen LogP contribution < -0.4 is 34.3 Å². The second kappa shape index (κ2) is 21.9. The van der Waals surface area contributed by atoms with Crippen LogP contribution in [0.4, 0.5) is 0 Å². The Bertz CT molecular complexity index is 2100. The largest absolute Gasteiger partial charge is 1.00 e. The van der Waals surface area contributed by atoms with Gasteiger partial charge in [0.25, 0.3) is 0 Å². The summed E-state index contributed by atoms with van der Waals surface area (Å²) in [6.07, 6.45) is 11.4. The molecule has 247 valence electrons. The van der Waals surface area contributed by atoms with Gasteiger partial charge in [0.2, 0.25) is 0 Å². The van der Waals surface area contributed by atoms with E-state index >= 15 is 0 Å². The number of ether oxygens (including phenoxy) is 1. The van der Waals surface area contributed by atoms with E-state index < -0.39 is 0 Å². The van der Waals surface area contributed by atoms with E-state index in [4.69, 9.17) is 73.0 Å². The maximum Gasteiger partial charge on any atom is 1.00 e. The summed E-state index contributed by atoms with van der Waals surface area (Å²) in [7, 11) is 0. The van der Waals surface area contributed by atoms with E-state index in [1.807, 2.05) is 12.1 Å². The first kappa shape index (κ1) is 42.9. The number of hydrogen-bond acceptors (Lipinski definition) is 14. The van der Waals surface area contributed by atoms with E-state index in [0.717, 1.165) is 15.8 Å². The number of aromatic nitrogens is 7. The van der Waals surface area contributed by atoms with Crippen LogP contribution in [0.1, 0.15) is 21.2 Å². The standard InChI is InChI=1S/C12H7Cl2N3OS.C8H5ClN2O.C4H4ClNOS.C4H2ClNOS.B.Na.H/c13-9-5-16-10(19-9)6-18-8-3-7-1-2-15-12(14)11(7)17-4-8;9-8-7-5(1-2-10-8)3-6(12)4-11-7;2*5-3-1-6-4(2-7)8-3;;;/h1-5H,6H2;1-4,12H;1,7H,2H2;1-2H;;;/q;;;;;+1;-1. The maximum absolute atomic E-state index is 9.91. The van der Waals surface area contributed by atoms with Gasteiger partial charge in [-0.3, -0.25) is 4.79 Å². The molecule has 21 heteroatoms. The summed E-state index contributed by atoms with van der Waals surface area (Å²) < 4.78 is 7.43. The van der Waals surface area contributed by atoms with Crippen molar-refractivity contribution in [1.29, 1.82) is 0 Å². The van der Waals surface area contributed by atoms with Crippen molar-refractivity contribution in [2.24, 2.45) is 0 Å². The van der Waals surface area contributed by atoms with E-state index in [-0.39, 0.29) is 51.8 Å². The molecular formula is C28H19BCl5N7NaO4S3. The van der Waals surface area contributed by atoms with Gasteiger partial charge in [0.15, 0.2) is 21.6 Å². The van der Waals surface area contributed by atoms with Crippen LogP contribution in [-0.2, 0) is 13.2 Å². The molecule has 0 amide bonds. The van der Waals surface area contributed by atoms with Gasteiger partial charge in [-0.25, -0.2) is 34.9 Å². The minimum absolute atomic E-state index is 0. The molecule has 0 bridgehead atoms. The molecule has 0 unspecified atom stereocenters. The SMILES string of the molecule is Clc1cnc(COc2cnc3c(Cl)nccc3c2)s1.O=Cc1ncc(Cl)s1.OCc1ncc(Cl)s1.Oc1cnc2c(Cl)nccc2c1.[B].[H-].[Na+]. The predicted octanol–water partition coefficient (Wildman–Crippen LogP) is 5.59. The smallest absolute Gasteiger partial charge is 1.00 e. The van der Waals surface area contributed by atoms with Gasteiger partial charge in [0.1, 0.15) is 52.2 Å². The number of halogens is 5. The Kier molecular flexibility index (Phi) is 19.1. The topological polar surface area (TPSA) is 157 Å². The molecule has 0 fully saturated rings. The molecule has 0 atom stereocenters.